The Kier molecular flexibility index (Phi) is 3.75. The number of aryl methyl sites for hydroxylation is 1. The first-order valence-corrected chi connectivity index (χ1v) is 8.65. The van der Waals surface area contributed by atoms with Gasteiger partial charge in [-0.25, -0.2) is 4.98 Å². The Hall–Kier alpha value is -3.40. The standard InChI is InChI=1S/C17H18N8O2/c1-24-9-11(8-19-24)25-6-3-13-15(25)16(27-12-4-7-26-10-12)22-17(20-13)21-14-2-5-18-23-14/h2-3,5-6,8-9,12H,4,7,10H2,1H3,(H2,18,20,21,22,23)/t12-/m0/s1. The zero-order chi connectivity index (χ0) is 18.2. The van der Waals surface area contributed by atoms with Crippen LogP contribution in [0, 0.1) is 0 Å². The van der Waals surface area contributed by atoms with Gasteiger partial charge in [0, 0.05) is 31.9 Å². The Bertz CT molecular complexity index is 1060. The lowest BCUT2D eigenvalue weighted by molar-refractivity contribution is 0.139. The molecular weight excluding hydrogens is 348 g/mol. The first-order valence-electron chi connectivity index (χ1n) is 8.65. The molecular formula is C17H18N8O2. The smallest absolute Gasteiger partial charge is 0.244 e. The lowest BCUT2D eigenvalue weighted by Gasteiger charge is -2.14. The summed E-state index contributed by atoms with van der Waals surface area (Å²) >= 11 is 0. The molecule has 1 aliphatic heterocycles. The highest BCUT2D eigenvalue weighted by atomic mass is 16.5. The van der Waals surface area contributed by atoms with Crippen LogP contribution in [-0.2, 0) is 11.8 Å². The van der Waals surface area contributed by atoms with E-state index in [2.05, 4.69) is 30.6 Å². The molecule has 0 unspecified atom stereocenters. The number of hydrogen-bond donors (Lipinski definition) is 2. The molecule has 1 saturated heterocycles. The summed E-state index contributed by atoms with van der Waals surface area (Å²) < 4.78 is 15.4. The maximum atomic E-state index is 6.19. The zero-order valence-corrected chi connectivity index (χ0v) is 14.7. The van der Waals surface area contributed by atoms with Crippen LogP contribution in [0.15, 0.2) is 36.9 Å². The number of aromatic amines is 1. The zero-order valence-electron chi connectivity index (χ0n) is 14.7. The Morgan fingerprint density at radius 1 is 1.33 bits per heavy atom. The predicted octanol–water partition coefficient (Wildman–Crippen LogP) is 1.79. The summed E-state index contributed by atoms with van der Waals surface area (Å²) in [4.78, 5) is 9.22. The van der Waals surface area contributed by atoms with Gasteiger partial charge >= 0.3 is 0 Å². The van der Waals surface area contributed by atoms with Crippen molar-refractivity contribution in [1.82, 2.24) is 34.5 Å². The van der Waals surface area contributed by atoms with E-state index in [1.807, 2.05) is 30.1 Å². The largest absolute Gasteiger partial charge is 0.470 e. The number of nitrogens with zero attached hydrogens (tertiary/aromatic N) is 6. The maximum absolute atomic E-state index is 6.19. The molecule has 5 rings (SSSR count). The van der Waals surface area contributed by atoms with Crippen LogP contribution in [0.25, 0.3) is 16.7 Å². The second-order valence-corrected chi connectivity index (χ2v) is 6.34. The number of fused-ring (bicyclic) bond motifs is 1. The molecule has 0 aromatic carbocycles. The topological polar surface area (TPSA) is 108 Å². The van der Waals surface area contributed by atoms with Crippen LogP contribution < -0.4 is 10.1 Å². The van der Waals surface area contributed by atoms with Gasteiger partial charge in [-0.3, -0.25) is 9.78 Å². The Morgan fingerprint density at radius 3 is 3.04 bits per heavy atom. The highest BCUT2D eigenvalue weighted by molar-refractivity contribution is 5.84. The summed E-state index contributed by atoms with van der Waals surface area (Å²) in [5.41, 5.74) is 2.48. The molecule has 4 aromatic rings. The molecule has 4 aromatic heterocycles. The molecule has 0 amide bonds. The van der Waals surface area contributed by atoms with E-state index < -0.39 is 0 Å². The Morgan fingerprint density at radius 2 is 2.30 bits per heavy atom. The van der Waals surface area contributed by atoms with Crippen LogP contribution >= 0.6 is 0 Å². The fourth-order valence-electron chi connectivity index (χ4n) is 3.11. The van der Waals surface area contributed by atoms with Crippen molar-refractivity contribution in [2.75, 3.05) is 18.5 Å². The third-order valence-corrected chi connectivity index (χ3v) is 4.38. The fraction of sp³-hybridized carbons (Fsp3) is 0.294. The molecule has 0 saturated carbocycles. The van der Waals surface area contributed by atoms with Gasteiger partial charge in [-0.1, -0.05) is 0 Å². The quantitative estimate of drug-likeness (QED) is 0.554. The van der Waals surface area contributed by atoms with Crippen LogP contribution in [0.2, 0.25) is 0 Å². The SMILES string of the molecule is Cn1cc(-n2ccc3nc(Nc4ccn[nH]4)nc(O[C@H]4CCOC4)c32)cn1. The van der Waals surface area contributed by atoms with Crippen molar-refractivity contribution >= 4 is 22.8 Å². The van der Waals surface area contributed by atoms with Gasteiger partial charge in [0.2, 0.25) is 11.8 Å². The molecule has 10 heteroatoms. The third kappa shape index (κ3) is 2.99. The van der Waals surface area contributed by atoms with Crippen LogP contribution in [0.4, 0.5) is 11.8 Å². The molecule has 10 nitrogen and oxygen atoms in total. The number of aromatic nitrogens is 7. The molecule has 138 valence electrons. The monoisotopic (exact) mass is 366 g/mol. The first kappa shape index (κ1) is 15.8. The van der Waals surface area contributed by atoms with Crippen molar-refractivity contribution < 1.29 is 9.47 Å². The van der Waals surface area contributed by atoms with Crippen molar-refractivity contribution in [3.63, 3.8) is 0 Å². The van der Waals surface area contributed by atoms with E-state index in [1.165, 1.54) is 0 Å². The third-order valence-electron chi connectivity index (χ3n) is 4.38. The number of anilines is 2. The number of ether oxygens (including phenoxy) is 2. The minimum absolute atomic E-state index is 0.0275. The maximum Gasteiger partial charge on any atom is 0.244 e. The van der Waals surface area contributed by atoms with Crippen molar-refractivity contribution in [1.29, 1.82) is 0 Å². The van der Waals surface area contributed by atoms with Gasteiger partial charge in [-0.15, -0.1) is 0 Å². The van der Waals surface area contributed by atoms with E-state index in [4.69, 9.17) is 9.47 Å². The van der Waals surface area contributed by atoms with Gasteiger partial charge < -0.3 is 19.4 Å². The molecule has 0 spiro atoms. The average molecular weight is 366 g/mol. The molecule has 1 fully saturated rings. The summed E-state index contributed by atoms with van der Waals surface area (Å²) in [6.07, 6.45) is 8.13. The highest BCUT2D eigenvalue weighted by Gasteiger charge is 2.22. The molecule has 1 aliphatic rings. The summed E-state index contributed by atoms with van der Waals surface area (Å²) in [5.74, 6) is 1.65. The average Bonchev–Trinajstić information content (AvgIpc) is 3.41. The first-order chi connectivity index (χ1) is 13.3. The van der Waals surface area contributed by atoms with Gasteiger partial charge in [0.05, 0.1) is 36.8 Å². The van der Waals surface area contributed by atoms with E-state index in [9.17, 15) is 0 Å². The van der Waals surface area contributed by atoms with Gasteiger partial charge in [-0.05, 0) is 6.07 Å². The molecule has 5 heterocycles. The van der Waals surface area contributed by atoms with Crippen LogP contribution in [0.1, 0.15) is 6.42 Å². The molecule has 0 aliphatic carbocycles. The van der Waals surface area contributed by atoms with E-state index in [1.54, 1.807) is 23.1 Å². The minimum Gasteiger partial charge on any atom is -0.470 e. The molecule has 1 atom stereocenters. The Balaban J connectivity index is 1.61. The predicted molar refractivity (Wildman–Crippen MR) is 97.4 cm³/mol. The van der Waals surface area contributed by atoms with Crippen molar-refractivity contribution in [2.45, 2.75) is 12.5 Å². The lowest BCUT2D eigenvalue weighted by atomic mass is 10.3. The molecule has 0 radical (unpaired) electrons. The molecule has 27 heavy (non-hydrogen) atoms. The number of H-pyrrole nitrogens is 1. The minimum atomic E-state index is -0.0275. The van der Waals surface area contributed by atoms with Crippen LogP contribution in [0.5, 0.6) is 5.88 Å². The highest BCUT2D eigenvalue weighted by Crippen LogP contribution is 2.30. The van der Waals surface area contributed by atoms with E-state index in [-0.39, 0.29) is 6.10 Å². The number of rotatable bonds is 5. The van der Waals surface area contributed by atoms with Crippen molar-refractivity contribution in [3.8, 4) is 11.6 Å². The van der Waals surface area contributed by atoms with E-state index in [0.717, 1.165) is 23.1 Å². The van der Waals surface area contributed by atoms with Gasteiger partial charge in [-0.2, -0.15) is 15.2 Å². The van der Waals surface area contributed by atoms with Gasteiger partial charge in [0.1, 0.15) is 17.4 Å². The molecule has 2 N–H and O–H groups in total. The second kappa shape index (κ2) is 6.40. The van der Waals surface area contributed by atoms with Crippen molar-refractivity contribution in [2.24, 2.45) is 7.05 Å². The number of hydrogen-bond acceptors (Lipinski definition) is 7. The summed E-state index contributed by atoms with van der Waals surface area (Å²) in [5, 5.41) is 14.1. The Labute approximate surface area is 154 Å². The van der Waals surface area contributed by atoms with Gasteiger partial charge in [0.25, 0.3) is 0 Å². The lowest BCUT2D eigenvalue weighted by Crippen LogP contribution is -2.17. The van der Waals surface area contributed by atoms with E-state index in [0.29, 0.717) is 30.9 Å². The van der Waals surface area contributed by atoms with Crippen molar-refractivity contribution in [3.05, 3.63) is 36.9 Å². The van der Waals surface area contributed by atoms with Crippen LogP contribution in [0.3, 0.4) is 0 Å². The number of nitrogens with one attached hydrogen (secondary N) is 2. The van der Waals surface area contributed by atoms with Crippen LogP contribution in [-0.4, -0.2) is 53.8 Å². The van der Waals surface area contributed by atoms with Gasteiger partial charge in [0.15, 0.2) is 0 Å². The fourth-order valence-corrected chi connectivity index (χ4v) is 3.11. The normalized spacial score (nSPS) is 16.9. The summed E-state index contributed by atoms with van der Waals surface area (Å²) in [6, 6.07) is 3.74. The summed E-state index contributed by atoms with van der Waals surface area (Å²) in [6.45, 7) is 1.25. The second-order valence-electron chi connectivity index (χ2n) is 6.34. The summed E-state index contributed by atoms with van der Waals surface area (Å²) in [7, 11) is 1.88. The van der Waals surface area contributed by atoms with E-state index >= 15 is 0 Å². The molecule has 0 bridgehead atoms.